The van der Waals surface area contributed by atoms with Gasteiger partial charge in [-0.2, -0.15) is 0 Å². The highest BCUT2D eigenvalue weighted by Crippen LogP contribution is 2.34. The lowest BCUT2D eigenvalue weighted by molar-refractivity contribution is -0.150. The molecule has 0 saturated heterocycles. The number of amides is 1. The summed E-state index contributed by atoms with van der Waals surface area (Å²) in [6.07, 6.45) is 3.70. The Morgan fingerprint density at radius 1 is 1.27 bits per heavy atom. The third kappa shape index (κ3) is 4.00. The summed E-state index contributed by atoms with van der Waals surface area (Å²) in [4.78, 5) is 23.7. The number of rotatable bonds is 6. The van der Waals surface area contributed by atoms with Crippen LogP contribution in [0.15, 0.2) is 30.3 Å². The monoisotopic (exact) mass is 305 g/mol. The molecular weight excluding hydrogens is 282 g/mol. The average molecular weight is 305 g/mol. The number of benzene rings is 1. The summed E-state index contributed by atoms with van der Waals surface area (Å²) in [7, 11) is 0. The van der Waals surface area contributed by atoms with Gasteiger partial charge in [0.15, 0.2) is 6.61 Å². The zero-order valence-electron chi connectivity index (χ0n) is 12.9. The number of carbonyl (C=O) groups excluding carboxylic acids is 1. The molecule has 22 heavy (non-hydrogen) atoms. The molecule has 1 aliphatic carbocycles. The van der Waals surface area contributed by atoms with Crippen LogP contribution in [0.25, 0.3) is 0 Å². The maximum atomic E-state index is 12.0. The van der Waals surface area contributed by atoms with Crippen LogP contribution in [-0.2, 0) is 9.59 Å². The van der Waals surface area contributed by atoms with E-state index in [-0.39, 0.29) is 12.5 Å². The fraction of sp³-hybridized carbons (Fsp3) is 0.529. The maximum absolute atomic E-state index is 12.0. The van der Waals surface area contributed by atoms with Crippen molar-refractivity contribution in [2.75, 3.05) is 6.61 Å². The molecule has 1 saturated carbocycles. The Bertz CT molecular complexity index is 507. The summed E-state index contributed by atoms with van der Waals surface area (Å²) in [6, 6.07) is 9.01. The molecule has 2 N–H and O–H groups in total. The zero-order valence-corrected chi connectivity index (χ0v) is 12.9. The number of nitrogens with one attached hydrogen (secondary N) is 1. The highest BCUT2D eigenvalue weighted by molar-refractivity contribution is 5.87. The standard InChI is InChI=1S/C17H23NO4/c1-2-13-8-10-17(11-9-13,16(20)21)18-15(19)12-22-14-6-4-3-5-7-14/h3-7,13H,2,8-12H2,1H3,(H,18,19)(H,20,21). The molecule has 2 rings (SSSR count). The van der Waals surface area contributed by atoms with Crippen LogP contribution < -0.4 is 10.1 Å². The van der Waals surface area contributed by atoms with E-state index in [0.29, 0.717) is 24.5 Å². The van der Waals surface area contributed by atoms with E-state index in [4.69, 9.17) is 4.74 Å². The highest BCUT2D eigenvalue weighted by atomic mass is 16.5. The van der Waals surface area contributed by atoms with Crippen LogP contribution >= 0.6 is 0 Å². The lowest BCUT2D eigenvalue weighted by Crippen LogP contribution is -2.57. The maximum Gasteiger partial charge on any atom is 0.329 e. The molecule has 1 aromatic rings. The van der Waals surface area contributed by atoms with Crippen LogP contribution in [0.4, 0.5) is 0 Å². The van der Waals surface area contributed by atoms with Gasteiger partial charge < -0.3 is 15.2 Å². The van der Waals surface area contributed by atoms with Gasteiger partial charge in [-0.3, -0.25) is 4.79 Å². The van der Waals surface area contributed by atoms with Crippen molar-refractivity contribution in [3.63, 3.8) is 0 Å². The van der Waals surface area contributed by atoms with Gasteiger partial charge in [-0.05, 0) is 43.7 Å². The number of para-hydroxylation sites is 1. The van der Waals surface area contributed by atoms with Crippen molar-refractivity contribution >= 4 is 11.9 Å². The first kappa shape index (κ1) is 16.3. The van der Waals surface area contributed by atoms with Crippen LogP contribution in [0.3, 0.4) is 0 Å². The fourth-order valence-electron chi connectivity index (χ4n) is 2.94. The second-order valence-corrected chi connectivity index (χ2v) is 5.89. The number of hydrogen-bond acceptors (Lipinski definition) is 3. The summed E-state index contributed by atoms with van der Waals surface area (Å²) in [5.41, 5.74) is -1.14. The smallest absolute Gasteiger partial charge is 0.329 e. The SMILES string of the molecule is CCC1CCC(NC(=O)COc2ccccc2)(C(=O)O)CC1. The number of hydrogen-bond donors (Lipinski definition) is 2. The molecule has 0 spiro atoms. The number of carboxylic acids is 1. The number of aliphatic carboxylic acids is 1. The molecule has 0 unspecified atom stereocenters. The largest absolute Gasteiger partial charge is 0.484 e. The number of carbonyl (C=O) groups is 2. The third-order valence-electron chi connectivity index (χ3n) is 4.44. The second kappa shape index (κ2) is 7.29. The fourth-order valence-corrected chi connectivity index (χ4v) is 2.94. The number of carboxylic acid groups (broad SMARTS) is 1. The first-order valence-electron chi connectivity index (χ1n) is 7.78. The van der Waals surface area contributed by atoms with E-state index in [1.807, 2.05) is 18.2 Å². The van der Waals surface area contributed by atoms with E-state index in [2.05, 4.69) is 12.2 Å². The predicted octanol–water partition coefficient (Wildman–Crippen LogP) is 2.61. The predicted molar refractivity (Wildman–Crippen MR) is 82.7 cm³/mol. The van der Waals surface area contributed by atoms with Crippen molar-refractivity contribution in [2.45, 2.75) is 44.6 Å². The van der Waals surface area contributed by atoms with Crippen LogP contribution in [0, 0.1) is 5.92 Å². The van der Waals surface area contributed by atoms with Crippen LogP contribution in [0.5, 0.6) is 5.75 Å². The average Bonchev–Trinajstić information content (AvgIpc) is 2.54. The van der Waals surface area contributed by atoms with Gasteiger partial charge in [0.05, 0.1) is 0 Å². The van der Waals surface area contributed by atoms with Crippen LogP contribution in [0.1, 0.15) is 39.0 Å². The molecule has 0 atom stereocenters. The second-order valence-electron chi connectivity index (χ2n) is 5.89. The number of ether oxygens (including phenoxy) is 1. The minimum Gasteiger partial charge on any atom is -0.484 e. The molecule has 0 aliphatic heterocycles. The van der Waals surface area contributed by atoms with Crippen molar-refractivity contribution in [3.05, 3.63) is 30.3 Å². The normalized spacial score (nSPS) is 24.5. The van der Waals surface area contributed by atoms with E-state index in [0.717, 1.165) is 19.3 Å². The Morgan fingerprint density at radius 2 is 1.91 bits per heavy atom. The summed E-state index contributed by atoms with van der Waals surface area (Å²) < 4.78 is 5.37. The molecule has 0 heterocycles. The van der Waals surface area contributed by atoms with E-state index in [1.54, 1.807) is 12.1 Å². The molecule has 0 aromatic heterocycles. The van der Waals surface area contributed by atoms with Crippen molar-refractivity contribution in [2.24, 2.45) is 5.92 Å². The molecule has 1 aliphatic rings. The molecular formula is C17H23NO4. The van der Waals surface area contributed by atoms with Gasteiger partial charge in [0.1, 0.15) is 11.3 Å². The van der Waals surface area contributed by atoms with Crippen molar-refractivity contribution in [1.29, 1.82) is 0 Å². The Kier molecular flexibility index (Phi) is 5.41. The van der Waals surface area contributed by atoms with E-state index in [9.17, 15) is 14.7 Å². The van der Waals surface area contributed by atoms with Crippen molar-refractivity contribution < 1.29 is 19.4 Å². The molecule has 0 bridgehead atoms. The molecule has 1 fully saturated rings. The Labute approximate surface area is 130 Å². The van der Waals surface area contributed by atoms with Crippen molar-refractivity contribution in [1.82, 2.24) is 5.32 Å². The van der Waals surface area contributed by atoms with Gasteiger partial charge in [0.2, 0.25) is 0 Å². The molecule has 1 aromatic carbocycles. The highest BCUT2D eigenvalue weighted by Gasteiger charge is 2.42. The zero-order chi connectivity index (χ0) is 16.0. The minimum absolute atomic E-state index is 0.170. The van der Waals surface area contributed by atoms with Crippen molar-refractivity contribution in [3.8, 4) is 5.75 Å². The van der Waals surface area contributed by atoms with E-state index >= 15 is 0 Å². The van der Waals surface area contributed by atoms with Gasteiger partial charge in [0.25, 0.3) is 5.91 Å². The first-order valence-corrected chi connectivity index (χ1v) is 7.78. The van der Waals surface area contributed by atoms with Gasteiger partial charge in [-0.15, -0.1) is 0 Å². The first-order chi connectivity index (χ1) is 10.6. The lowest BCUT2D eigenvalue weighted by Gasteiger charge is -2.37. The van der Waals surface area contributed by atoms with Gasteiger partial charge in [-0.25, -0.2) is 4.79 Å². The Hall–Kier alpha value is -2.04. The quantitative estimate of drug-likeness (QED) is 0.847. The van der Waals surface area contributed by atoms with E-state index < -0.39 is 11.5 Å². The third-order valence-corrected chi connectivity index (χ3v) is 4.44. The van der Waals surface area contributed by atoms with Crippen LogP contribution in [-0.4, -0.2) is 29.1 Å². The summed E-state index contributed by atoms with van der Waals surface area (Å²) in [6.45, 7) is 1.95. The lowest BCUT2D eigenvalue weighted by atomic mass is 9.75. The summed E-state index contributed by atoms with van der Waals surface area (Å²) in [5.74, 6) is -0.182. The van der Waals surface area contributed by atoms with E-state index in [1.165, 1.54) is 0 Å². The Balaban J connectivity index is 1.91. The molecule has 5 nitrogen and oxygen atoms in total. The van der Waals surface area contributed by atoms with Crippen LogP contribution in [0.2, 0.25) is 0 Å². The molecule has 1 amide bonds. The van der Waals surface area contributed by atoms with Gasteiger partial charge in [-0.1, -0.05) is 31.5 Å². The molecule has 5 heteroatoms. The minimum atomic E-state index is -1.14. The summed E-state index contributed by atoms with van der Waals surface area (Å²) in [5, 5.41) is 12.2. The van der Waals surface area contributed by atoms with Gasteiger partial charge >= 0.3 is 5.97 Å². The van der Waals surface area contributed by atoms with Gasteiger partial charge in [0, 0.05) is 0 Å². The summed E-state index contributed by atoms with van der Waals surface area (Å²) >= 11 is 0. The Morgan fingerprint density at radius 3 is 2.45 bits per heavy atom. The topological polar surface area (TPSA) is 75.6 Å². The molecule has 0 radical (unpaired) electrons. The molecule has 120 valence electrons.